The zero-order valence-corrected chi connectivity index (χ0v) is 12.1. The molecule has 0 amide bonds. The highest BCUT2D eigenvalue weighted by Crippen LogP contribution is 2.30. The maximum absolute atomic E-state index is 12.3. The van der Waals surface area contributed by atoms with Gasteiger partial charge in [-0.3, -0.25) is 4.79 Å². The molecule has 110 valence electrons. The Morgan fingerprint density at radius 2 is 1.90 bits per heavy atom. The number of aliphatic carboxylic acids is 1. The highest BCUT2D eigenvalue weighted by molar-refractivity contribution is 7.89. The summed E-state index contributed by atoms with van der Waals surface area (Å²) < 4.78 is 30.9. The first-order valence-electron chi connectivity index (χ1n) is 6.23. The molecule has 1 aliphatic rings. The van der Waals surface area contributed by atoms with Gasteiger partial charge in [-0.1, -0.05) is 6.92 Å². The zero-order chi connectivity index (χ0) is 14.9. The van der Waals surface area contributed by atoms with Crippen LogP contribution in [0.4, 0.5) is 0 Å². The van der Waals surface area contributed by atoms with Gasteiger partial charge in [0.2, 0.25) is 10.0 Å². The molecule has 1 heterocycles. The third-order valence-corrected chi connectivity index (χ3v) is 5.52. The second-order valence-corrected chi connectivity index (χ2v) is 6.82. The van der Waals surface area contributed by atoms with Crippen molar-refractivity contribution in [3.05, 3.63) is 24.3 Å². The highest BCUT2D eigenvalue weighted by atomic mass is 32.2. The molecule has 20 heavy (non-hydrogen) atoms. The number of sulfonamides is 1. The predicted octanol–water partition coefficient (Wildman–Crippen LogP) is 1.04. The zero-order valence-electron chi connectivity index (χ0n) is 11.3. The molecule has 1 saturated heterocycles. The Balaban J connectivity index is 2.07. The van der Waals surface area contributed by atoms with Crippen LogP contribution in [0.1, 0.15) is 6.92 Å². The summed E-state index contributed by atoms with van der Waals surface area (Å²) in [5.41, 5.74) is 0. The number of carboxylic acids is 1. The molecule has 1 atom stereocenters. The highest BCUT2D eigenvalue weighted by Gasteiger charge is 2.41. The number of rotatable bonds is 5. The number of hydrogen-bond acceptors (Lipinski definition) is 4. The third-order valence-electron chi connectivity index (χ3n) is 3.67. The van der Waals surface area contributed by atoms with E-state index >= 15 is 0 Å². The maximum Gasteiger partial charge on any atom is 0.306 e. The number of carbonyl (C=O) groups is 1. The van der Waals surface area contributed by atoms with Gasteiger partial charge in [0, 0.05) is 13.1 Å². The summed E-state index contributed by atoms with van der Waals surface area (Å²) in [5, 5.41) is 8.90. The van der Waals surface area contributed by atoms with Crippen LogP contribution in [0.2, 0.25) is 0 Å². The van der Waals surface area contributed by atoms with E-state index in [9.17, 15) is 13.2 Å². The number of carboxylic acid groups (broad SMARTS) is 1. The lowest BCUT2D eigenvalue weighted by Crippen LogP contribution is -2.53. The topological polar surface area (TPSA) is 83.9 Å². The van der Waals surface area contributed by atoms with E-state index in [2.05, 4.69) is 0 Å². The third kappa shape index (κ3) is 2.64. The minimum absolute atomic E-state index is 0.125. The lowest BCUT2D eigenvalue weighted by Gasteiger charge is -2.39. The molecule has 1 fully saturated rings. The first-order valence-corrected chi connectivity index (χ1v) is 7.67. The van der Waals surface area contributed by atoms with E-state index in [0.717, 1.165) is 0 Å². The van der Waals surface area contributed by atoms with Gasteiger partial charge in [0.1, 0.15) is 5.75 Å². The monoisotopic (exact) mass is 299 g/mol. The van der Waals surface area contributed by atoms with Crippen molar-refractivity contribution in [2.45, 2.75) is 11.8 Å². The minimum Gasteiger partial charge on any atom is -0.497 e. The van der Waals surface area contributed by atoms with Gasteiger partial charge < -0.3 is 9.84 Å². The van der Waals surface area contributed by atoms with Crippen molar-refractivity contribution >= 4 is 16.0 Å². The Kier molecular flexibility index (Phi) is 4.01. The van der Waals surface area contributed by atoms with Crippen LogP contribution in [0.25, 0.3) is 0 Å². The van der Waals surface area contributed by atoms with E-state index in [1.807, 2.05) is 0 Å². The molecule has 0 radical (unpaired) electrons. The number of benzene rings is 1. The second kappa shape index (κ2) is 5.41. The molecule has 1 aliphatic heterocycles. The van der Waals surface area contributed by atoms with Gasteiger partial charge in [0.25, 0.3) is 0 Å². The van der Waals surface area contributed by atoms with Crippen molar-refractivity contribution in [3.63, 3.8) is 0 Å². The Morgan fingerprint density at radius 1 is 1.35 bits per heavy atom. The molecular formula is C13H17NO5S. The number of nitrogens with zero attached hydrogens (tertiary/aromatic N) is 1. The van der Waals surface area contributed by atoms with Crippen molar-refractivity contribution < 1.29 is 23.1 Å². The van der Waals surface area contributed by atoms with E-state index in [1.165, 1.54) is 23.5 Å². The molecule has 7 heteroatoms. The average molecular weight is 299 g/mol. The van der Waals surface area contributed by atoms with Gasteiger partial charge in [0.05, 0.1) is 17.9 Å². The summed E-state index contributed by atoms with van der Waals surface area (Å²) in [5.74, 6) is -0.959. The first kappa shape index (κ1) is 14.8. The largest absolute Gasteiger partial charge is 0.497 e. The fourth-order valence-electron chi connectivity index (χ4n) is 2.08. The Labute approximate surface area is 118 Å². The van der Waals surface area contributed by atoms with E-state index in [1.54, 1.807) is 19.1 Å². The van der Waals surface area contributed by atoms with Crippen molar-refractivity contribution in [3.8, 4) is 5.75 Å². The molecule has 1 aromatic carbocycles. The summed E-state index contributed by atoms with van der Waals surface area (Å²) in [6.45, 7) is 2.11. The fraction of sp³-hybridized carbons (Fsp3) is 0.462. The van der Waals surface area contributed by atoms with Crippen LogP contribution in [0.15, 0.2) is 29.2 Å². The molecule has 0 saturated carbocycles. The maximum atomic E-state index is 12.3. The van der Waals surface area contributed by atoms with Crippen LogP contribution < -0.4 is 4.74 Å². The summed E-state index contributed by atoms with van der Waals surface area (Å²) in [6, 6.07) is 6.15. The number of methoxy groups -OCH3 is 1. The SMILES string of the molecule is COc1ccc(S(=O)(=O)N2CC(C(C)C(=O)O)C2)cc1. The summed E-state index contributed by atoms with van der Waals surface area (Å²) >= 11 is 0. The van der Waals surface area contributed by atoms with Crippen molar-refractivity contribution in [1.29, 1.82) is 0 Å². The van der Waals surface area contributed by atoms with Gasteiger partial charge in [-0.05, 0) is 30.2 Å². The van der Waals surface area contributed by atoms with Gasteiger partial charge in [-0.2, -0.15) is 4.31 Å². The molecule has 1 aromatic rings. The van der Waals surface area contributed by atoms with Gasteiger partial charge in [-0.25, -0.2) is 8.42 Å². The predicted molar refractivity (Wildman–Crippen MR) is 72.0 cm³/mol. The first-order chi connectivity index (χ1) is 9.36. The van der Waals surface area contributed by atoms with Crippen molar-refractivity contribution in [2.24, 2.45) is 11.8 Å². The van der Waals surface area contributed by atoms with E-state index in [0.29, 0.717) is 5.75 Å². The van der Waals surface area contributed by atoms with Crippen molar-refractivity contribution in [1.82, 2.24) is 4.31 Å². The van der Waals surface area contributed by atoms with Crippen LogP contribution in [0, 0.1) is 11.8 Å². The molecule has 6 nitrogen and oxygen atoms in total. The van der Waals surface area contributed by atoms with E-state index < -0.39 is 21.9 Å². The quantitative estimate of drug-likeness (QED) is 0.878. The van der Waals surface area contributed by atoms with Crippen LogP contribution in [-0.2, 0) is 14.8 Å². The molecule has 0 aliphatic carbocycles. The van der Waals surface area contributed by atoms with Crippen LogP contribution >= 0.6 is 0 Å². The molecule has 1 unspecified atom stereocenters. The summed E-state index contributed by atoms with van der Waals surface area (Å²) in [6.07, 6.45) is 0. The standard InChI is InChI=1S/C13H17NO5S/c1-9(13(15)16)10-7-14(8-10)20(17,18)12-5-3-11(19-2)4-6-12/h3-6,9-10H,7-8H2,1-2H3,(H,15,16). The molecular weight excluding hydrogens is 282 g/mol. The number of hydrogen-bond donors (Lipinski definition) is 1. The summed E-state index contributed by atoms with van der Waals surface area (Å²) in [7, 11) is -2.02. The van der Waals surface area contributed by atoms with Crippen molar-refractivity contribution in [2.75, 3.05) is 20.2 Å². The Hall–Kier alpha value is -1.60. The second-order valence-electron chi connectivity index (χ2n) is 4.88. The van der Waals surface area contributed by atoms with Crippen LogP contribution in [0.3, 0.4) is 0 Å². The van der Waals surface area contributed by atoms with Crippen LogP contribution in [0.5, 0.6) is 5.75 Å². The molecule has 1 N–H and O–H groups in total. The molecule has 2 rings (SSSR count). The average Bonchev–Trinajstić information content (AvgIpc) is 2.36. The van der Waals surface area contributed by atoms with Gasteiger partial charge in [-0.15, -0.1) is 0 Å². The summed E-state index contributed by atoms with van der Waals surface area (Å²) in [4.78, 5) is 11.0. The Morgan fingerprint density at radius 3 is 2.35 bits per heavy atom. The van der Waals surface area contributed by atoms with Crippen LogP contribution in [-0.4, -0.2) is 44.0 Å². The smallest absolute Gasteiger partial charge is 0.306 e. The molecule has 0 spiro atoms. The number of ether oxygens (including phenoxy) is 1. The van der Waals surface area contributed by atoms with Gasteiger partial charge in [0.15, 0.2) is 0 Å². The lowest BCUT2D eigenvalue weighted by molar-refractivity contribution is -0.144. The molecule has 0 aromatic heterocycles. The fourth-order valence-corrected chi connectivity index (χ4v) is 3.63. The van der Waals surface area contributed by atoms with E-state index in [-0.39, 0.29) is 23.9 Å². The van der Waals surface area contributed by atoms with Gasteiger partial charge >= 0.3 is 5.97 Å². The normalized spacial score (nSPS) is 18.3. The Bertz CT molecular complexity index is 590. The van der Waals surface area contributed by atoms with E-state index in [4.69, 9.17) is 9.84 Å². The molecule has 0 bridgehead atoms. The lowest BCUT2D eigenvalue weighted by atomic mass is 9.89. The minimum atomic E-state index is -3.53.